The Labute approximate surface area is 108 Å². The van der Waals surface area contributed by atoms with Crippen LogP contribution < -0.4 is 15.8 Å². The molecular formula is C14H20N2O2. The van der Waals surface area contributed by atoms with Gasteiger partial charge in [-0.3, -0.25) is 4.79 Å². The van der Waals surface area contributed by atoms with Crippen molar-refractivity contribution >= 4 is 11.6 Å². The van der Waals surface area contributed by atoms with Crippen LogP contribution in [0, 0.1) is 12.8 Å². The fourth-order valence-electron chi connectivity index (χ4n) is 2.07. The first-order valence-electron chi connectivity index (χ1n) is 6.30. The van der Waals surface area contributed by atoms with Crippen LogP contribution in [0.15, 0.2) is 18.2 Å². The van der Waals surface area contributed by atoms with Gasteiger partial charge in [-0.1, -0.05) is 0 Å². The molecule has 1 saturated carbocycles. The summed E-state index contributed by atoms with van der Waals surface area (Å²) in [6, 6.07) is 5.60. The van der Waals surface area contributed by atoms with Gasteiger partial charge in [-0.2, -0.15) is 0 Å². The van der Waals surface area contributed by atoms with E-state index in [9.17, 15) is 4.79 Å². The molecule has 0 spiro atoms. The number of carbonyl (C=O) groups is 1. The van der Waals surface area contributed by atoms with Crippen LogP contribution in [-0.2, 0) is 4.79 Å². The van der Waals surface area contributed by atoms with E-state index in [0.29, 0.717) is 12.3 Å². The average Bonchev–Trinajstić information content (AvgIpc) is 3.12. The molecule has 1 aromatic rings. The maximum atomic E-state index is 11.8. The van der Waals surface area contributed by atoms with Gasteiger partial charge in [-0.05, 0) is 49.4 Å². The summed E-state index contributed by atoms with van der Waals surface area (Å²) >= 11 is 0. The van der Waals surface area contributed by atoms with E-state index in [0.717, 1.165) is 29.8 Å². The minimum Gasteiger partial charge on any atom is -0.496 e. The van der Waals surface area contributed by atoms with Crippen molar-refractivity contribution < 1.29 is 9.53 Å². The third-order valence-corrected chi connectivity index (χ3v) is 3.33. The fraction of sp³-hybridized carbons (Fsp3) is 0.500. The van der Waals surface area contributed by atoms with E-state index in [2.05, 4.69) is 5.32 Å². The van der Waals surface area contributed by atoms with Gasteiger partial charge in [0.2, 0.25) is 5.91 Å². The SMILES string of the molecule is COc1ccc(NC(=O)CC(N)C2CC2)cc1C. The van der Waals surface area contributed by atoms with E-state index in [-0.39, 0.29) is 11.9 Å². The number of nitrogens with one attached hydrogen (secondary N) is 1. The normalized spacial score (nSPS) is 16.2. The minimum absolute atomic E-state index is 0.00402. The zero-order chi connectivity index (χ0) is 13.1. The maximum Gasteiger partial charge on any atom is 0.225 e. The largest absolute Gasteiger partial charge is 0.496 e. The lowest BCUT2D eigenvalue weighted by atomic mass is 10.1. The van der Waals surface area contributed by atoms with Gasteiger partial charge < -0.3 is 15.8 Å². The Morgan fingerprint density at radius 3 is 2.83 bits per heavy atom. The number of rotatable bonds is 5. The summed E-state index contributed by atoms with van der Waals surface area (Å²) in [7, 11) is 1.63. The number of hydrogen-bond acceptors (Lipinski definition) is 3. The molecule has 3 N–H and O–H groups in total. The van der Waals surface area contributed by atoms with Gasteiger partial charge in [0.05, 0.1) is 7.11 Å². The zero-order valence-electron chi connectivity index (χ0n) is 10.9. The molecule has 4 nitrogen and oxygen atoms in total. The molecular weight excluding hydrogens is 228 g/mol. The first-order chi connectivity index (χ1) is 8.60. The molecule has 1 aliphatic carbocycles. The molecule has 1 aliphatic rings. The number of methoxy groups -OCH3 is 1. The van der Waals surface area contributed by atoms with Crippen LogP contribution in [0.3, 0.4) is 0 Å². The van der Waals surface area contributed by atoms with Crippen molar-refractivity contribution in [1.29, 1.82) is 0 Å². The number of benzene rings is 1. The highest BCUT2D eigenvalue weighted by atomic mass is 16.5. The van der Waals surface area contributed by atoms with E-state index < -0.39 is 0 Å². The highest BCUT2D eigenvalue weighted by molar-refractivity contribution is 5.91. The highest BCUT2D eigenvalue weighted by Gasteiger charge is 2.29. The van der Waals surface area contributed by atoms with Gasteiger partial charge in [0.1, 0.15) is 5.75 Å². The van der Waals surface area contributed by atoms with Crippen molar-refractivity contribution in [3.63, 3.8) is 0 Å². The molecule has 2 rings (SSSR count). The molecule has 98 valence electrons. The minimum atomic E-state index is -0.0148. The Hall–Kier alpha value is -1.55. The second kappa shape index (κ2) is 5.40. The average molecular weight is 248 g/mol. The van der Waals surface area contributed by atoms with Crippen LogP contribution in [0.1, 0.15) is 24.8 Å². The topological polar surface area (TPSA) is 64.3 Å². The molecule has 0 radical (unpaired) electrons. The molecule has 0 saturated heterocycles. The second-order valence-electron chi connectivity index (χ2n) is 4.94. The number of hydrogen-bond donors (Lipinski definition) is 2. The molecule has 1 fully saturated rings. The summed E-state index contributed by atoms with van der Waals surface area (Å²) in [6.45, 7) is 1.95. The molecule has 1 amide bonds. The third-order valence-electron chi connectivity index (χ3n) is 3.33. The van der Waals surface area contributed by atoms with Gasteiger partial charge in [0.25, 0.3) is 0 Å². The molecule has 0 bridgehead atoms. The number of carbonyl (C=O) groups excluding carboxylic acids is 1. The van der Waals surface area contributed by atoms with Crippen LogP contribution >= 0.6 is 0 Å². The van der Waals surface area contributed by atoms with Crippen molar-refractivity contribution in [3.05, 3.63) is 23.8 Å². The summed E-state index contributed by atoms with van der Waals surface area (Å²) in [5, 5.41) is 2.87. The van der Waals surface area contributed by atoms with Crippen LogP contribution in [0.2, 0.25) is 0 Å². The van der Waals surface area contributed by atoms with Crippen LogP contribution in [0.4, 0.5) is 5.69 Å². The van der Waals surface area contributed by atoms with Crippen LogP contribution in [0.5, 0.6) is 5.75 Å². The predicted molar refractivity (Wildman–Crippen MR) is 71.7 cm³/mol. The summed E-state index contributed by atoms with van der Waals surface area (Å²) in [4.78, 5) is 11.8. The summed E-state index contributed by atoms with van der Waals surface area (Å²) in [5.41, 5.74) is 7.72. The van der Waals surface area contributed by atoms with Gasteiger partial charge in [0, 0.05) is 18.2 Å². The van der Waals surface area contributed by atoms with E-state index in [1.54, 1.807) is 7.11 Å². The standard InChI is InChI=1S/C14H20N2O2/c1-9-7-11(5-6-13(9)18-2)16-14(17)8-12(15)10-3-4-10/h5-7,10,12H,3-4,8,15H2,1-2H3,(H,16,17). The zero-order valence-corrected chi connectivity index (χ0v) is 10.9. The summed E-state index contributed by atoms with van der Waals surface area (Å²) < 4.78 is 5.18. The van der Waals surface area contributed by atoms with Crippen LogP contribution in [-0.4, -0.2) is 19.1 Å². The lowest BCUT2D eigenvalue weighted by Crippen LogP contribution is -2.28. The monoisotopic (exact) mass is 248 g/mol. The molecule has 18 heavy (non-hydrogen) atoms. The fourth-order valence-corrected chi connectivity index (χ4v) is 2.07. The Balaban J connectivity index is 1.91. The lowest BCUT2D eigenvalue weighted by Gasteiger charge is -2.12. The number of aryl methyl sites for hydroxylation is 1. The van der Waals surface area contributed by atoms with Crippen LogP contribution in [0.25, 0.3) is 0 Å². The Kier molecular flexibility index (Phi) is 3.87. The predicted octanol–water partition coefficient (Wildman–Crippen LogP) is 2.07. The third kappa shape index (κ3) is 3.23. The molecule has 0 aliphatic heterocycles. The number of amides is 1. The molecule has 0 aromatic heterocycles. The van der Waals surface area contributed by atoms with Crippen molar-refractivity contribution in [2.24, 2.45) is 11.7 Å². The van der Waals surface area contributed by atoms with Crippen molar-refractivity contribution in [2.45, 2.75) is 32.2 Å². The van der Waals surface area contributed by atoms with Gasteiger partial charge in [0.15, 0.2) is 0 Å². The Bertz CT molecular complexity index is 441. The highest BCUT2D eigenvalue weighted by Crippen LogP contribution is 2.32. The molecule has 0 heterocycles. The van der Waals surface area contributed by atoms with E-state index >= 15 is 0 Å². The quantitative estimate of drug-likeness (QED) is 0.838. The first-order valence-corrected chi connectivity index (χ1v) is 6.30. The lowest BCUT2D eigenvalue weighted by molar-refractivity contribution is -0.116. The Morgan fingerprint density at radius 1 is 1.56 bits per heavy atom. The second-order valence-corrected chi connectivity index (χ2v) is 4.94. The smallest absolute Gasteiger partial charge is 0.225 e. The van der Waals surface area contributed by atoms with E-state index in [1.165, 1.54) is 0 Å². The van der Waals surface area contributed by atoms with Crippen molar-refractivity contribution in [3.8, 4) is 5.75 Å². The van der Waals surface area contributed by atoms with Gasteiger partial charge in [-0.15, -0.1) is 0 Å². The van der Waals surface area contributed by atoms with Crippen molar-refractivity contribution in [1.82, 2.24) is 0 Å². The van der Waals surface area contributed by atoms with E-state index in [4.69, 9.17) is 10.5 Å². The molecule has 1 aromatic carbocycles. The first kappa shape index (κ1) is 12.9. The van der Waals surface area contributed by atoms with Gasteiger partial charge >= 0.3 is 0 Å². The van der Waals surface area contributed by atoms with Crippen molar-refractivity contribution in [2.75, 3.05) is 12.4 Å². The maximum absolute atomic E-state index is 11.8. The number of ether oxygens (including phenoxy) is 1. The molecule has 1 atom stereocenters. The van der Waals surface area contributed by atoms with E-state index in [1.807, 2.05) is 25.1 Å². The number of anilines is 1. The van der Waals surface area contributed by atoms with Gasteiger partial charge in [-0.25, -0.2) is 0 Å². The molecule has 1 unspecified atom stereocenters. The Morgan fingerprint density at radius 2 is 2.28 bits per heavy atom. The molecule has 4 heteroatoms. The summed E-state index contributed by atoms with van der Waals surface area (Å²) in [6.07, 6.45) is 2.72. The summed E-state index contributed by atoms with van der Waals surface area (Å²) in [5.74, 6) is 1.36. The number of nitrogens with two attached hydrogens (primary N) is 1.